The number of carbonyl (C=O) groups is 1. The van der Waals surface area contributed by atoms with Crippen LogP contribution in [0.1, 0.15) is 42.4 Å². The summed E-state index contributed by atoms with van der Waals surface area (Å²) in [5.41, 5.74) is 4.24. The predicted octanol–water partition coefficient (Wildman–Crippen LogP) is 3.17. The average molecular weight is 396 g/mol. The molecule has 5 nitrogen and oxygen atoms in total. The summed E-state index contributed by atoms with van der Waals surface area (Å²) in [4.78, 5) is 15.6. The number of piperidine rings is 3. The van der Waals surface area contributed by atoms with Crippen molar-refractivity contribution in [3.05, 3.63) is 35.1 Å². The summed E-state index contributed by atoms with van der Waals surface area (Å²) in [6.45, 7) is 8.39. The second-order valence-corrected chi connectivity index (χ2v) is 9.48. The summed E-state index contributed by atoms with van der Waals surface area (Å²) in [7, 11) is 0. The number of furan rings is 1. The molecule has 1 aromatic carbocycles. The van der Waals surface area contributed by atoms with Crippen LogP contribution in [0.15, 0.2) is 22.8 Å². The lowest BCUT2D eigenvalue weighted by atomic mass is 9.73. The van der Waals surface area contributed by atoms with Gasteiger partial charge in [-0.3, -0.25) is 9.69 Å². The predicted molar refractivity (Wildman–Crippen MR) is 115 cm³/mol. The minimum Gasteiger partial charge on any atom is -0.464 e. The molecule has 4 heterocycles. The molecular formula is C24H33N3O2. The zero-order valence-corrected chi connectivity index (χ0v) is 17.7. The zero-order chi connectivity index (χ0) is 20.0. The standard InChI is InChI=1S/C24H33N3O2/c1-15-7-16(2)24-19(14-29-22(24)8-15)10-23(28)26-13-21-18-9-17(11-25-12-18)20-5-3-4-6-27(20)21/h7-8,14,17-18,20-21,25H,3-6,9-13H2,1-2H3,(H,26,28)/t17-,18+,20+,21+/m1/s1. The molecule has 156 valence electrons. The molecule has 3 aliphatic heterocycles. The second-order valence-electron chi connectivity index (χ2n) is 9.48. The van der Waals surface area contributed by atoms with Crippen molar-refractivity contribution < 1.29 is 9.21 Å². The Bertz CT molecular complexity index is 905. The molecule has 5 heteroatoms. The van der Waals surface area contributed by atoms with Crippen LogP contribution >= 0.6 is 0 Å². The van der Waals surface area contributed by atoms with Crippen molar-refractivity contribution >= 4 is 16.9 Å². The molecule has 2 aromatic rings. The fourth-order valence-electron chi connectivity index (χ4n) is 6.26. The van der Waals surface area contributed by atoms with Crippen molar-refractivity contribution in [2.24, 2.45) is 11.8 Å². The number of carbonyl (C=O) groups excluding carboxylic acids is 1. The molecule has 2 N–H and O–H groups in total. The molecule has 0 unspecified atom stereocenters. The van der Waals surface area contributed by atoms with Crippen molar-refractivity contribution in [2.45, 2.75) is 58.0 Å². The van der Waals surface area contributed by atoms with Gasteiger partial charge < -0.3 is 15.1 Å². The summed E-state index contributed by atoms with van der Waals surface area (Å²) in [5.74, 6) is 1.56. The maximum atomic E-state index is 12.8. The average Bonchev–Trinajstić information content (AvgIpc) is 3.11. The second kappa shape index (κ2) is 7.77. The molecule has 3 saturated heterocycles. The highest BCUT2D eigenvalue weighted by atomic mass is 16.3. The van der Waals surface area contributed by atoms with Gasteiger partial charge >= 0.3 is 0 Å². The number of rotatable bonds is 4. The van der Waals surface area contributed by atoms with E-state index in [1.54, 1.807) is 6.26 Å². The summed E-state index contributed by atoms with van der Waals surface area (Å²) >= 11 is 0. The first-order valence-corrected chi connectivity index (χ1v) is 11.3. The van der Waals surface area contributed by atoms with Crippen molar-refractivity contribution in [3.8, 4) is 0 Å². The Hall–Kier alpha value is -1.85. The van der Waals surface area contributed by atoms with Crippen molar-refractivity contribution in [2.75, 3.05) is 26.2 Å². The maximum Gasteiger partial charge on any atom is 0.224 e. The number of nitrogens with zero attached hydrogens (tertiary/aromatic N) is 1. The van der Waals surface area contributed by atoms with Gasteiger partial charge in [0.15, 0.2) is 0 Å². The topological polar surface area (TPSA) is 57.5 Å². The van der Waals surface area contributed by atoms with Crippen LogP contribution in [0.25, 0.3) is 11.0 Å². The van der Waals surface area contributed by atoms with Crippen molar-refractivity contribution in [1.82, 2.24) is 15.5 Å². The Labute approximate surface area is 173 Å². The molecule has 0 aliphatic carbocycles. The normalized spacial score (nSPS) is 29.6. The Kier molecular flexibility index (Phi) is 5.12. The third-order valence-corrected chi connectivity index (χ3v) is 7.48. The van der Waals surface area contributed by atoms with E-state index in [4.69, 9.17) is 4.42 Å². The molecule has 2 bridgehead atoms. The van der Waals surface area contributed by atoms with Gasteiger partial charge in [0.25, 0.3) is 0 Å². The summed E-state index contributed by atoms with van der Waals surface area (Å²) in [6.07, 6.45) is 7.44. The van der Waals surface area contributed by atoms with E-state index < -0.39 is 0 Å². The molecular weight excluding hydrogens is 362 g/mol. The van der Waals surface area contributed by atoms with E-state index >= 15 is 0 Å². The van der Waals surface area contributed by atoms with Crippen LogP contribution in [0.5, 0.6) is 0 Å². The van der Waals surface area contributed by atoms with Gasteiger partial charge in [-0.25, -0.2) is 0 Å². The Morgan fingerprint density at radius 3 is 3.00 bits per heavy atom. The summed E-state index contributed by atoms with van der Waals surface area (Å²) in [5, 5.41) is 8.02. The van der Waals surface area contributed by atoms with Gasteiger partial charge in [-0.15, -0.1) is 0 Å². The quantitative estimate of drug-likeness (QED) is 0.835. The van der Waals surface area contributed by atoms with E-state index in [1.165, 1.54) is 49.9 Å². The van der Waals surface area contributed by atoms with E-state index in [0.29, 0.717) is 24.4 Å². The van der Waals surface area contributed by atoms with Crippen molar-refractivity contribution in [1.29, 1.82) is 0 Å². The minimum atomic E-state index is 0.104. The molecule has 29 heavy (non-hydrogen) atoms. The third kappa shape index (κ3) is 3.59. The fraction of sp³-hybridized carbons (Fsp3) is 0.625. The highest BCUT2D eigenvalue weighted by Gasteiger charge is 2.45. The molecule has 4 atom stereocenters. The Morgan fingerprint density at radius 2 is 2.10 bits per heavy atom. The molecule has 3 fully saturated rings. The summed E-state index contributed by atoms with van der Waals surface area (Å²) < 4.78 is 5.73. The molecule has 0 saturated carbocycles. The molecule has 1 amide bonds. The van der Waals surface area contributed by atoms with Gasteiger partial charge in [-0.05, 0) is 81.8 Å². The van der Waals surface area contributed by atoms with Crippen LogP contribution in [-0.2, 0) is 11.2 Å². The van der Waals surface area contributed by atoms with Gasteiger partial charge in [0.2, 0.25) is 5.91 Å². The molecule has 0 spiro atoms. The van der Waals surface area contributed by atoms with Crippen LogP contribution in [0.3, 0.4) is 0 Å². The SMILES string of the molecule is Cc1cc(C)c2c(CC(=O)NC[C@H]3[C@@H]4CNC[C@@H](C4)[C@@H]4CCCCN43)coc2c1. The van der Waals surface area contributed by atoms with Gasteiger partial charge in [0.05, 0.1) is 12.7 Å². The number of amides is 1. The van der Waals surface area contributed by atoms with Gasteiger partial charge in [-0.2, -0.15) is 0 Å². The molecule has 5 rings (SSSR count). The van der Waals surface area contributed by atoms with Gasteiger partial charge in [0, 0.05) is 29.6 Å². The van der Waals surface area contributed by atoms with Crippen LogP contribution in [0.4, 0.5) is 0 Å². The number of aryl methyl sites for hydroxylation is 2. The fourth-order valence-corrected chi connectivity index (χ4v) is 6.26. The largest absolute Gasteiger partial charge is 0.464 e. The summed E-state index contributed by atoms with van der Waals surface area (Å²) in [6, 6.07) is 5.39. The van der Waals surface area contributed by atoms with Crippen LogP contribution < -0.4 is 10.6 Å². The van der Waals surface area contributed by atoms with E-state index in [0.717, 1.165) is 35.5 Å². The third-order valence-electron chi connectivity index (χ3n) is 7.48. The number of hydrogen-bond donors (Lipinski definition) is 2. The van der Waals surface area contributed by atoms with Crippen LogP contribution in [0.2, 0.25) is 0 Å². The van der Waals surface area contributed by atoms with Gasteiger partial charge in [-0.1, -0.05) is 12.5 Å². The van der Waals surface area contributed by atoms with Crippen LogP contribution in [0, 0.1) is 25.7 Å². The lowest BCUT2D eigenvalue weighted by Gasteiger charge is -2.55. The number of fused-ring (bicyclic) bond motifs is 5. The first kappa shape index (κ1) is 19.1. The molecule has 3 aliphatic rings. The highest BCUT2D eigenvalue weighted by Crippen LogP contribution is 2.38. The van der Waals surface area contributed by atoms with E-state index in [1.807, 2.05) is 0 Å². The first-order valence-electron chi connectivity index (χ1n) is 11.3. The Balaban J connectivity index is 1.27. The van der Waals surface area contributed by atoms with E-state index in [-0.39, 0.29) is 5.91 Å². The lowest BCUT2D eigenvalue weighted by Crippen LogP contribution is -2.65. The number of hydrogen-bond acceptors (Lipinski definition) is 4. The molecule has 0 radical (unpaired) electrons. The van der Waals surface area contributed by atoms with E-state index in [9.17, 15) is 4.79 Å². The van der Waals surface area contributed by atoms with Crippen molar-refractivity contribution in [3.63, 3.8) is 0 Å². The lowest BCUT2D eigenvalue weighted by molar-refractivity contribution is -0.121. The first-order chi connectivity index (χ1) is 14.1. The monoisotopic (exact) mass is 395 g/mol. The minimum absolute atomic E-state index is 0.104. The van der Waals surface area contributed by atoms with Crippen LogP contribution in [-0.4, -0.2) is 49.1 Å². The highest BCUT2D eigenvalue weighted by molar-refractivity contribution is 5.90. The maximum absolute atomic E-state index is 12.8. The zero-order valence-electron chi connectivity index (χ0n) is 17.7. The molecule has 1 aromatic heterocycles. The smallest absolute Gasteiger partial charge is 0.224 e. The van der Waals surface area contributed by atoms with E-state index in [2.05, 4.69) is 41.5 Å². The Morgan fingerprint density at radius 1 is 1.24 bits per heavy atom. The number of benzene rings is 1. The number of nitrogens with one attached hydrogen (secondary N) is 2. The van der Waals surface area contributed by atoms with Gasteiger partial charge in [0.1, 0.15) is 5.58 Å².